The smallest absolute Gasteiger partial charge is 0.196 e. The number of rotatable bonds is 2. The third-order valence-corrected chi connectivity index (χ3v) is 1.82. The van der Waals surface area contributed by atoms with Crippen LogP contribution in [0.3, 0.4) is 0 Å². The van der Waals surface area contributed by atoms with Gasteiger partial charge in [0.15, 0.2) is 0 Å². The summed E-state index contributed by atoms with van der Waals surface area (Å²) >= 11 is 5.56. The predicted octanol–water partition coefficient (Wildman–Crippen LogP) is 3.62. The van der Waals surface area contributed by atoms with E-state index in [1.165, 1.54) is 18.2 Å². The normalized spacial score (nSPS) is 11.2. The van der Waals surface area contributed by atoms with Gasteiger partial charge in [-0.15, -0.1) is 0 Å². The minimum absolute atomic E-state index is 0.0578. The summed E-state index contributed by atoms with van der Waals surface area (Å²) in [5.74, 6) is -3.04. The molecule has 0 spiro atoms. The van der Waals surface area contributed by atoms with Crippen molar-refractivity contribution in [1.29, 1.82) is 0 Å². The lowest BCUT2D eigenvalue weighted by molar-refractivity contribution is 0.0527. The molecule has 1 aromatic rings. The van der Waals surface area contributed by atoms with E-state index in [1.54, 1.807) is 6.07 Å². The van der Waals surface area contributed by atoms with E-state index in [-0.39, 0.29) is 10.6 Å². The molecule has 0 radical (unpaired) electrons. The first-order valence-electron chi connectivity index (χ1n) is 3.34. The van der Waals surface area contributed by atoms with Gasteiger partial charge < -0.3 is 0 Å². The molecule has 0 saturated carbocycles. The summed E-state index contributed by atoms with van der Waals surface area (Å²) in [6.45, 7) is 3.04. The Morgan fingerprint density at radius 1 is 1.33 bits per heavy atom. The molecule has 0 aliphatic rings. The molecule has 64 valence electrons. The Balaban J connectivity index is 3.19. The second-order valence-corrected chi connectivity index (χ2v) is 2.71. The molecule has 0 aromatic heterocycles. The molecule has 0 nitrogen and oxygen atoms in total. The Labute approximate surface area is 74.5 Å². The number of alkyl halides is 2. The average molecular weight is 189 g/mol. The molecule has 0 N–H and O–H groups in total. The van der Waals surface area contributed by atoms with Crippen molar-refractivity contribution in [3.05, 3.63) is 47.5 Å². The second kappa shape index (κ2) is 3.23. The molecule has 0 atom stereocenters. The van der Waals surface area contributed by atoms with Crippen molar-refractivity contribution in [1.82, 2.24) is 0 Å². The molecule has 0 heterocycles. The van der Waals surface area contributed by atoms with Crippen molar-refractivity contribution in [2.24, 2.45) is 0 Å². The van der Waals surface area contributed by atoms with Crippen LogP contribution in [0.4, 0.5) is 8.78 Å². The van der Waals surface area contributed by atoms with E-state index in [0.717, 1.165) is 0 Å². The van der Waals surface area contributed by atoms with Gasteiger partial charge in [-0.3, -0.25) is 0 Å². The fourth-order valence-electron chi connectivity index (χ4n) is 0.841. The van der Waals surface area contributed by atoms with Crippen LogP contribution in [0.5, 0.6) is 0 Å². The van der Waals surface area contributed by atoms with Gasteiger partial charge in [0.1, 0.15) is 0 Å². The van der Waals surface area contributed by atoms with Crippen molar-refractivity contribution in [3.63, 3.8) is 0 Å². The second-order valence-electron chi connectivity index (χ2n) is 2.31. The number of benzene rings is 1. The Morgan fingerprint density at radius 2 is 1.92 bits per heavy atom. The third-order valence-electron chi connectivity index (χ3n) is 1.49. The van der Waals surface area contributed by atoms with Gasteiger partial charge in [-0.2, -0.15) is 8.78 Å². The minimum Gasteiger partial charge on any atom is -0.196 e. The van der Waals surface area contributed by atoms with Gasteiger partial charge in [-0.25, -0.2) is 0 Å². The highest BCUT2D eigenvalue weighted by molar-refractivity contribution is 6.31. The maximum Gasteiger partial charge on any atom is 0.292 e. The topological polar surface area (TPSA) is 0 Å². The largest absolute Gasteiger partial charge is 0.292 e. The van der Waals surface area contributed by atoms with Gasteiger partial charge in [-0.05, 0) is 12.1 Å². The lowest BCUT2D eigenvalue weighted by Gasteiger charge is -2.12. The van der Waals surface area contributed by atoms with Crippen LogP contribution >= 0.6 is 11.6 Å². The van der Waals surface area contributed by atoms with Gasteiger partial charge in [0, 0.05) is 5.56 Å². The Kier molecular flexibility index (Phi) is 2.48. The molecule has 0 fully saturated rings. The first kappa shape index (κ1) is 9.20. The SMILES string of the molecule is C=CC(F)(F)c1ccccc1Cl. The molecule has 0 bridgehead atoms. The van der Waals surface area contributed by atoms with E-state index < -0.39 is 5.92 Å². The van der Waals surface area contributed by atoms with Crippen molar-refractivity contribution in [2.45, 2.75) is 5.92 Å². The number of allylic oxidation sites excluding steroid dienone is 1. The van der Waals surface area contributed by atoms with Crippen LogP contribution in [0, 0.1) is 0 Å². The molecule has 0 amide bonds. The summed E-state index contributed by atoms with van der Waals surface area (Å²) < 4.78 is 25.9. The molecule has 0 aliphatic heterocycles. The van der Waals surface area contributed by atoms with Gasteiger partial charge in [0.25, 0.3) is 5.92 Å². The molecular weight excluding hydrogens is 182 g/mol. The zero-order valence-corrected chi connectivity index (χ0v) is 6.98. The third kappa shape index (κ3) is 1.64. The molecule has 1 aromatic carbocycles. The number of halogens is 3. The van der Waals surface area contributed by atoms with Crippen LogP contribution in [-0.4, -0.2) is 0 Å². The summed E-state index contributed by atoms with van der Waals surface area (Å²) in [5, 5.41) is 0.0578. The quantitative estimate of drug-likeness (QED) is 0.622. The fraction of sp³-hybridized carbons (Fsp3) is 0.111. The van der Waals surface area contributed by atoms with E-state index in [0.29, 0.717) is 6.08 Å². The maximum absolute atomic E-state index is 12.9. The lowest BCUT2D eigenvalue weighted by atomic mass is 10.1. The summed E-state index contributed by atoms with van der Waals surface area (Å²) in [6, 6.07) is 5.82. The van der Waals surface area contributed by atoms with Crippen molar-refractivity contribution >= 4 is 11.6 Å². The molecule has 0 saturated heterocycles. The van der Waals surface area contributed by atoms with E-state index in [9.17, 15) is 8.78 Å². The van der Waals surface area contributed by atoms with E-state index >= 15 is 0 Å². The Morgan fingerprint density at radius 3 is 2.42 bits per heavy atom. The molecule has 1 rings (SSSR count). The fourth-order valence-corrected chi connectivity index (χ4v) is 1.10. The van der Waals surface area contributed by atoms with Gasteiger partial charge in [-0.1, -0.05) is 36.4 Å². The monoisotopic (exact) mass is 188 g/mol. The van der Waals surface area contributed by atoms with Crippen LogP contribution in [0.1, 0.15) is 5.56 Å². The van der Waals surface area contributed by atoms with Gasteiger partial charge in [0.05, 0.1) is 5.02 Å². The van der Waals surface area contributed by atoms with Crippen LogP contribution in [0.2, 0.25) is 5.02 Å². The first-order chi connectivity index (χ1) is 5.58. The zero-order chi connectivity index (χ0) is 9.19. The highest BCUT2D eigenvalue weighted by atomic mass is 35.5. The Hall–Kier alpha value is -0.890. The minimum atomic E-state index is -3.04. The average Bonchev–Trinajstić information content (AvgIpc) is 2.05. The molecule has 3 heteroatoms. The van der Waals surface area contributed by atoms with Crippen LogP contribution in [-0.2, 0) is 5.92 Å². The molecule has 0 aliphatic carbocycles. The summed E-state index contributed by atoms with van der Waals surface area (Å²) in [7, 11) is 0. The van der Waals surface area contributed by atoms with Gasteiger partial charge in [0.2, 0.25) is 0 Å². The molecular formula is C9H7ClF2. The summed E-state index contributed by atoms with van der Waals surface area (Å²) in [6.07, 6.45) is 0.578. The zero-order valence-electron chi connectivity index (χ0n) is 6.23. The maximum atomic E-state index is 12.9. The lowest BCUT2D eigenvalue weighted by Crippen LogP contribution is -2.09. The highest BCUT2D eigenvalue weighted by Crippen LogP contribution is 2.33. The standard InChI is InChI=1S/C9H7ClF2/c1-2-9(11,12)7-5-3-4-6-8(7)10/h2-6H,1H2. The van der Waals surface area contributed by atoms with Crippen molar-refractivity contribution in [2.75, 3.05) is 0 Å². The summed E-state index contributed by atoms with van der Waals surface area (Å²) in [4.78, 5) is 0. The van der Waals surface area contributed by atoms with E-state index in [2.05, 4.69) is 6.58 Å². The van der Waals surface area contributed by atoms with Crippen LogP contribution in [0.25, 0.3) is 0 Å². The highest BCUT2D eigenvalue weighted by Gasteiger charge is 2.28. The van der Waals surface area contributed by atoms with Crippen molar-refractivity contribution < 1.29 is 8.78 Å². The number of hydrogen-bond acceptors (Lipinski definition) is 0. The molecule has 0 unspecified atom stereocenters. The van der Waals surface area contributed by atoms with E-state index in [1.807, 2.05) is 0 Å². The Bertz CT molecular complexity index is 294. The molecule has 12 heavy (non-hydrogen) atoms. The van der Waals surface area contributed by atoms with Crippen LogP contribution in [0.15, 0.2) is 36.9 Å². The first-order valence-corrected chi connectivity index (χ1v) is 3.72. The van der Waals surface area contributed by atoms with Crippen molar-refractivity contribution in [3.8, 4) is 0 Å². The van der Waals surface area contributed by atoms with Gasteiger partial charge >= 0.3 is 0 Å². The summed E-state index contributed by atoms with van der Waals surface area (Å²) in [5.41, 5.74) is -0.207. The predicted molar refractivity (Wildman–Crippen MR) is 45.5 cm³/mol. The van der Waals surface area contributed by atoms with E-state index in [4.69, 9.17) is 11.6 Å². The van der Waals surface area contributed by atoms with Crippen LogP contribution < -0.4 is 0 Å². The number of hydrogen-bond donors (Lipinski definition) is 0.